The molecule has 0 unspecified atom stereocenters. The summed E-state index contributed by atoms with van der Waals surface area (Å²) in [5, 5.41) is 5.36. The maximum atomic E-state index is 11.9. The van der Waals surface area contributed by atoms with Crippen molar-refractivity contribution in [1.82, 2.24) is 10.2 Å². The van der Waals surface area contributed by atoms with E-state index in [-0.39, 0.29) is 0 Å². The Kier molecular flexibility index (Phi) is 6.88. The van der Waals surface area contributed by atoms with Gasteiger partial charge in [0.2, 0.25) is 0 Å². The molecule has 2 amide bonds. The van der Waals surface area contributed by atoms with Gasteiger partial charge in [0, 0.05) is 12.2 Å². The number of nitrogens with one attached hydrogen (secondary N) is 2. The van der Waals surface area contributed by atoms with E-state index in [1.807, 2.05) is 51.0 Å². The average molecular weight is 291 g/mol. The van der Waals surface area contributed by atoms with E-state index in [0.29, 0.717) is 6.54 Å². The van der Waals surface area contributed by atoms with Crippen LogP contribution in [0.15, 0.2) is 18.2 Å². The quantitative estimate of drug-likeness (QED) is 0.618. The number of hydrogen-bond donors (Lipinski definition) is 2. The number of amides is 2. The Morgan fingerprint density at radius 2 is 1.90 bits per heavy atom. The third-order valence-electron chi connectivity index (χ3n) is 3.25. The summed E-state index contributed by atoms with van der Waals surface area (Å²) in [6, 6.07) is 5.83. The van der Waals surface area contributed by atoms with Crippen molar-refractivity contribution in [3.05, 3.63) is 29.3 Å². The molecule has 5 heteroatoms. The lowest BCUT2D eigenvalue weighted by atomic mass is 10.1. The van der Waals surface area contributed by atoms with Crippen LogP contribution in [0.1, 0.15) is 24.5 Å². The molecule has 0 heterocycles. The molecule has 0 aliphatic carbocycles. The molecule has 0 aromatic heterocycles. The molecule has 1 aromatic carbocycles. The highest BCUT2D eigenvalue weighted by Gasteiger charge is 2.15. The summed E-state index contributed by atoms with van der Waals surface area (Å²) in [5.41, 5.74) is 2.74. The summed E-state index contributed by atoms with van der Waals surface area (Å²) in [6.45, 7) is 5.31. The zero-order valence-corrected chi connectivity index (χ0v) is 13.3. The van der Waals surface area contributed by atoms with Gasteiger partial charge in [-0.2, -0.15) is 0 Å². The van der Waals surface area contributed by atoms with Gasteiger partial charge < -0.3 is 15.5 Å². The second-order valence-corrected chi connectivity index (χ2v) is 5.33. The van der Waals surface area contributed by atoms with Gasteiger partial charge in [-0.25, -0.2) is 0 Å². The largest absolute Gasteiger partial charge is 0.348 e. The smallest absolute Gasteiger partial charge is 0.313 e. The second kappa shape index (κ2) is 8.42. The number of hydrogen-bond acceptors (Lipinski definition) is 3. The average Bonchev–Trinajstić information content (AvgIpc) is 2.45. The molecular formula is C16H25N3O2. The minimum Gasteiger partial charge on any atom is -0.348 e. The van der Waals surface area contributed by atoms with Crippen LogP contribution in [0, 0.1) is 6.92 Å². The van der Waals surface area contributed by atoms with Crippen molar-refractivity contribution >= 4 is 17.5 Å². The van der Waals surface area contributed by atoms with Gasteiger partial charge >= 0.3 is 11.8 Å². The summed E-state index contributed by atoms with van der Waals surface area (Å²) >= 11 is 0. The number of benzene rings is 1. The molecule has 0 spiro atoms. The Balaban J connectivity index is 2.55. The van der Waals surface area contributed by atoms with Crippen LogP contribution in [0.4, 0.5) is 5.69 Å². The van der Waals surface area contributed by atoms with E-state index in [1.54, 1.807) is 0 Å². The molecule has 1 aromatic rings. The van der Waals surface area contributed by atoms with Gasteiger partial charge in [-0.3, -0.25) is 9.59 Å². The Bertz CT molecular complexity index is 498. The number of anilines is 1. The lowest BCUT2D eigenvalue weighted by Gasteiger charge is -2.13. The van der Waals surface area contributed by atoms with E-state index in [0.717, 1.165) is 36.2 Å². The number of aryl methyl sites for hydroxylation is 2. The molecular weight excluding hydrogens is 266 g/mol. The monoisotopic (exact) mass is 291 g/mol. The Morgan fingerprint density at radius 1 is 1.19 bits per heavy atom. The van der Waals surface area contributed by atoms with Crippen LogP contribution >= 0.6 is 0 Å². The predicted molar refractivity (Wildman–Crippen MR) is 85.4 cm³/mol. The van der Waals surface area contributed by atoms with E-state index < -0.39 is 11.8 Å². The normalized spacial score (nSPS) is 10.5. The minimum absolute atomic E-state index is 0.499. The third kappa shape index (κ3) is 5.55. The van der Waals surface area contributed by atoms with E-state index in [1.165, 1.54) is 0 Å². The lowest BCUT2D eigenvalue weighted by Crippen LogP contribution is -2.37. The molecule has 5 nitrogen and oxygen atoms in total. The highest BCUT2D eigenvalue weighted by atomic mass is 16.2. The van der Waals surface area contributed by atoms with Crippen molar-refractivity contribution in [1.29, 1.82) is 0 Å². The SMILES string of the molecule is CCc1cccc(C)c1NC(=O)C(=O)NCCCN(C)C. The van der Waals surface area contributed by atoms with Crippen LogP contribution in [0.25, 0.3) is 0 Å². The Hall–Kier alpha value is -1.88. The van der Waals surface area contributed by atoms with Gasteiger partial charge in [-0.1, -0.05) is 25.1 Å². The number of rotatable bonds is 6. The van der Waals surface area contributed by atoms with E-state index >= 15 is 0 Å². The van der Waals surface area contributed by atoms with Crippen molar-refractivity contribution in [2.45, 2.75) is 26.7 Å². The van der Waals surface area contributed by atoms with Crippen LogP contribution in [-0.4, -0.2) is 43.9 Å². The molecule has 0 atom stereocenters. The van der Waals surface area contributed by atoms with Crippen LogP contribution < -0.4 is 10.6 Å². The predicted octanol–water partition coefficient (Wildman–Crippen LogP) is 1.56. The van der Waals surface area contributed by atoms with Gasteiger partial charge in [-0.05, 0) is 51.5 Å². The van der Waals surface area contributed by atoms with Crippen LogP contribution in [0.2, 0.25) is 0 Å². The van der Waals surface area contributed by atoms with Crippen molar-refractivity contribution in [2.24, 2.45) is 0 Å². The number of nitrogens with zero attached hydrogens (tertiary/aromatic N) is 1. The lowest BCUT2D eigenvalue weighted by molar-refractivity contribution is -0.136. The number of para-hydroxylation sites is 1. The maximum Gasteiger partial charge on any atom is 0.313 e. The van der Waals surface area contributed by atoms with Gasteiger partial charge in [-0.15, -0.1) is 0 Å². The Morgan fingerprint density at radius 3 is 2.52 bits per heavy atom. The highest BCUT2D eigenvalue weighted by Crippen LogP contribution is 2.20. The molecule has 0 saturated carbocycles. The molecule has 2 N–H and O–H groups in total. The fraction of sp³-hybridized carbons (Fsp3) is 0.500. The third-order valence-corrected chi connectivity index (χ3v) is 3.25. The summed E-state index contributed by atoms with van der Waals surface area (Å²) in [4.78, 5) is 25.7. The van der Waals surface area contributed by atoms with Gasteiger partial charge in [0.05, 0.1) is 0 Å². The Labute approximate surface area is 126 Å². The van der Waals surface area contributed by atoms with Crippen molar-refractivity contribution in [3.63, 3.8) is 0 Å². The first kappa shape index (κ1) is 17.2. The summed E-state index contributed by atoms with van der Waals surface area (Å²) in [5.74, 6) is -1.19. The zero-order chi connectivity index (χ0) is 15.8. The fourth-order valence-electron chi connectivity index (χ4n) is 2.05. The second-order valence-electron chi connectivity index (χ2n) is 5.33. The molecule has 0 saturated heterocycles. The molecule has 0 fully saturated rings. The van der Waals surface area contributed by atoms with Crippen molar-refractivity contribution < 1.29 is 9.59 Å². The molecule has 0 radical (unpaired) electrons. The molecule has 0 aliphatic heterocycles. The molecule has 1 rings (SSSR count). The topological polar surface area (TPSA) is 61.4 Å². The standard InChI is InChI=1S/C16H25N3O2/c1-5-13-9-6-8-12(2)14(13)18-16(21)15(20)17-10-7-11-19(3)4/h6,8-9H,5,7,10-11H2,1-4H3,(H,17,20)(H,18,21). The van der Waals surface area contributed by atoms with Crippen molar-refractivity contribution in [2.75, 3.05) is 32.5 Å². The van der Waals surface area contributed by atoms with E-state index in [4.69, 9.17) is 0 Å². The fourth-order valence-corrected chi connectivity index (χ4v) is 2.05. The number of carbonyl (C=O) groups excluding carboxylic acids is 2. The van der Waals surface area contributed by atoms with E-state index in [2.05, 4.69) is 10.6 Å². The van der Waals surface area contributed by atoms with Crippen LogP contribution in [-0.2, 0) is 16.0 Å². The molecule has 0 bridgehead atoms. The minimum atomic E-state index is -0.608. The molecule has 21 heavy (non-hydrogen) atoms. The first-order chi connectivity index (χ1) is 9.95. The van der Waals surface area contributed by atoms with E-state index in [9.17, 15) is 9.59 Å². The highest BCUT2D eigenvalue weighted by molar-refractivity contribution is 6.39. The first-order valence-corrected chi connectivity index (χ1v) is 7.28. The first-order valence-electron chi connectivity index (χ1n) is 7.28. The van der Waals surface area contributed by atoms with Gasteiger partial charge in [0.15, 0.2) is 0 Å². The molecule has 0 aliphatic rings. The van der Waals surface area contributed by atoms with Gasteiger partial charge in [0.1, 0.15) is 0 Å². The van der Waals surface area contributed by atoms with Gasteiger partial charge in [0.25, 0.3) is 0 Å². The van der Waals surface area contributed by atoms with Crippen LogP contribution in [0.3, 0.4) is 0 Å². The van der Waals surface area contributed by atoms with Crippen LogP contribution in [0.5, 0.6) is 0 Å². The summed E-state index contributed by atoms with van der Waals surface area (Å²) in [6.07, 6.45) is 1.62. The zero-order valence-electron chi connectivity index (χ0n) is 13.3. The number of carbonyl (C=O) groups is 2. The van der Waals surface area contributed by atoms with Crippen molar-refractivity contribution in [3.8, 4) is 0 Å². The summed E-state index contributed by atoms with van der Waals surface area (Å²) < 4.78 is 0. The molecule has 116 valence electrons. The maximum absolute atomic E-state index is 11.9. The summed E-state index contributed by atoms with van der Waals surface area (Å²) in [7, 11) is 3.94.